The van der Waals surface area contributed by atoms with E-state index in [-0.39, 0.29) is 0 Å². The van der Waals surface area contributed by atoms with E-state index >= 15 is 0 Å². The van der Waals surface area contributed by atoms with Crippen molar-refractivity contribution < 1.29 is 9.53 Å². The molecule has 0 saturated carbocycles. The molecule has 4 heteroatoms. The van der Waals surface area contributed by atoms with Crippen molar-refractivity contribution in [2.45, 2.75) is 6.92 Å². The van der Waals surface area contributed by atoms with Gasteiger partial charge in [0, 0.05) is 10.9 Å². The van der Waals surface area contributed by atoms with Gasteiger partial charge >= 0.3 is 5.97 Å². The summed E-state index contributed by atoms with van der Waals surface area (Å²) in [5, 5.41) is 2.27. The highest BCUT2D eigenvalue weighted by molar-refractivity contribution is 7.10. The fourth-order valence-electron chi connectivity index (χ4n) is 1.28. The van der Waals surface area contributed by atoms with Crippen molar-refractivity contribution in [3.63, 3.8) is 0 Å². The molecule has 0 aliphatic carbocycles. The molecule has 18 heavy (non-hydrogen) atoms. The Labute approximate surface area is 109 Å². The van der Waals surface area contributed by atoms with Gasteiger partial charge in [0.1, 0.15) is 0 Å². The molecule has 1 aromatic carbocycles. The molecule has 3 nitrogen and oxygen atoms in total. The smallest absolute Gasteiger partial charge is 0.357 e. The van der Waals surface area contributed by atoms with E-state index in [1.54, 1.807) is 12.3 Å². The van der Waals surface area contributed by atoms with Crippen molar-refractivity contribution in [3.05, 3.63) is 52.0 Å². The van der Waals surface area contributed by atoms with E-state index in [1.165, 1.54) is 11.3 Å². The first kappa shape index (κ1) is 12.3. The standard InChI is InChI=1S/C14H11NO2S/c1-2-17-14(16)12-10-18-13(15-12)9-8-11-6-4-3-5-7-11/h3-7,10H,2H2,1H3. The first-order chi connectivity index (χ1) is 8.79. The zero-order valence-corrected chi connectivity index (χ0v) is 10.7. The number of aromatic nitrogens is 1. The van der Waals surface area contributed by atoms with Gasteiger partial charge in [-0.1, -0.05) is 24.1 Å². The van der Waals surface area contributed by atoms with E-state index in [9.17, 15) is 4.79 Å². The van der Waals surface area contributed by atoms with Crippen LogP contribution in [0.5, 0.6) is 0 Å². The van der Waals surface area contributed by atoms with Crippen LogP contribution in [0.2, 0.25) is 0 Å². The van der Waals surface area contributed by atoms with E-state index in [4.69, 9.17) is 4.74 Å². The number of rotatable bonds is 2. The number of carbonyl (C=O) groups excluding carboxylic acids is 1. The van der Waals surface area contributed by atoms with Crippen LogP contribution in [0.25, 0.3) is 0 Å². The van der Waals surface area contributed by atoms with Crippen LogP contribution in [0.1, 0.15) is 28.0 Å². The lowest BCUT2D eigenvalue weighted by Gasteiger charge is -1.95. The van der Waals surface area contributed by atoms with Crippen molar-refractivity contribution >= 4 is 17.3 Å². The topological polar surface area (TPSA) is 39.2 Å². The summed E-state index contributed by atoms with van der Waals surface area (Å²) in [6, 6.07) is 9.64. The Balaban J connectivity index is 2.12. The van der Waals surface area contributed by atoms with Gasteiger partial charge in [-0.15, -0.1) is 11.3 Å². The third-order valence-electron chi connectivity index (χ3n) is 2.08. The quantitative estimate of drug-likeness (QED) is 0.613. The Bertz CT molecular complexity index is 593. The van der Waals surface area contributed by atoms with Crippen molar-refractivity contribution in [2.75, 3.05) is 6.61 Å². The number of carbonyl (C=O) groups is 1. The van der Waals surface area contributed by atoms with Crippen molar-refractivity contribution in [1.82, 2.24) is 4.98 Å². The highest BCUT2D eigenvalue weighted by atomic mass is 32.1. The van der Waals surface area contributed by atoms with E-state index < -0.39 is 5.97 Å². The predicted octanol–water partition coefficient (Wildman–Crippen LogP) is 2.72. The summed E-state index contributed by atoms with van der Waals surface area (Å²) in [4.78, 5) is 15.5. The second-order valence-corrected chi connectivity index (χ2v) is 4.23. The maximum Gasteiger partial charge on any atom is 0.357 e. The Hall–Kier alpha value is -2.12. The summed E-state index contributed by atoms with van der Waals surface area (Å²) in [5.41, 5.74) is 1.24. The number of hydrogen-bond donors (Lipinski definition) is 0. The third-order valence-corrected chi connectivity index (χ3v) is 2.83. The minimum absolute atomic E-state index is 0.319. The van der Waals surface area contributed by atoms with E-state index in [2.05, 4.69) is 16.8 Å². The lowest BCUT2D eigenvalue weighted by Crippen LogP contribution is -2.04. The molecule has 0 atom stereocenters. The van der Waals surface area contributed by atoms with Crippen LogP contribution in [-0.4, -0.2) is 17.6 Å². The van der Waals surface area contributed by atoms with Crippen LogP contribution in [0.3, 0.4) is 0 Å². The zero-order valence-electron chi connectivity index (χ0n) is 9.84. The molecule has 1 aromatic heterocycles. The van der Waals surface area contributed by atoms with E-state index in [0.29, 0.717) is 17.3 Å². The summed E-state index contributed by atoms with van der Waals surface area (Å²) >= 11 is 1.34. The molecule has 0 saturated heterocycles. The minimum atomic E-state index is -0.401. The summed E-state index contributed by atoms with van der Waals surface area (Å²) in [6.45, 7) is 2.11. The van der Waals surface area contributed by atoms with Crippen LogP contribution in [0, 0.1) is 11.8 Å². The Morgan fingerprint density at radius 2 is 2.11 bits per heavy atom. The molecule has 0 fully saturated rings. The maximum atomic E-state index is 11.4. The molecular formula is C14H11NO2S. The van der Waals surface area contributed by atoms with Crippen molar-refractivity contribution in [1.29, 1.82) is 0 Å². The molecule has 2 rings (SSSR count). The van der Waals surface area contributed by atoms with E-state index in [0.717, 1.165) is 5.56 Å². The number of hydrogen-bond acceptors (Lipinski definition) is 4. The predicted molar refractivity (Wildman–Crippen MR) is 70.5 cm³/mol. The van der Waals surface area contributed by atoms with Crippen LogP contribution in [0.15, 0.2) is 35.7 Å². The van der Waals surface area contributed by atoms with Crippen molar-refractivity contribution in [3.8, 4) is 11.8 Å². The molecule has 0 unspecified atom stereocenters. The second-order valence-electron chi connectivity index (χ2n) is 3.37. The number of esters is 1. The molecule has 0 radical (unpaired) electrons. The molecular weight excluding hydrogens is 246 g/mol. The average molecular weight is 257 g/mol. The first-order valence-corrected chi connectivity index (χ1v) is 6.37. The Morgan fingerprint density at radius 1 is 1.33 bits per heavy atom. The summed E-state index contributed by atoms with van der Waals surface area (Å²) < 4.78 is 4.86. The average Bonchev–Trinajstić information content (AvgIpc) is 2.87. The normalized spacial score (nSPS) is 9.39. The fourth-order valence-corrected chi connectivity index (χ4v) is 1.91. The Kier molecular flexibility index (Phi) is 4.11. The highest BCUT2D eigenvalue weighted by Crippen LogP contribution is 2.09. The number of thiazole rings is 1. The third kappa shape index (κ3) is 3.19. The zero-order chi connectivity index (χ0) is 12.8. The van der Waals surface area contributed by atoms with Gasteiger partial charge in [-0.25, -0.2) is 9.78 Å². The number of benzene rings is 1. The molecule has 0 bridgehead atoms. The van der Waals surface area contributed by atoms with Crippen LogP contribution >= 0.6 is 11.3 Å². The Morgan fingerprint density at radius 3 is 2.83 bits per heavy atom. The highest BCUT2D eigenvalue weighted by Gasteiger charge is 2.10. The number of ether oxygens (including phenoxy) is 1. The van der Waals surface area contributed by atoms with Gasteiger partial charge in [0.15, 0.2) is 10.7 Å². The summed E-state index contributed by atoms with van der Waals surface area (Å²) in [5.74, 6) is 5.52. The summed E-state index contributed by atoms with van der Waals surface area (Å²) in [7, 11) is 0. The number of nitrogens with zero attached hydrogens (tertiary/aromatic N) is 1. The molecule has 0 spiro atoms. The molecule has 2 aromatic rings. The lowest BCUT2D eigenvalue weighted by molar-refractivity contribution is 0.0520. The lowest BCUT2D eigenvalue weighted by atomic mass is 10.2. The van der Waals surface area contributed by atoms with Gasteiger partial charge in [-0.2, -0.15) is 0 Å². The van der Waals surface area contributed by atoms with Gasteiger partial charge in [0.2, 0.25) is 0 Å². The van der Waals surface area contributed by atoms with Crippen LogP contribution in [0.4, 0.5) is 0 Å². The molecule has 0 amide bonds. The van der Waals surface area contributed by atoms with Gasteiger partial charge in [0.05, 0.1) is 6.61 Å². The molecule has 1 heterocycles. The maximum absolute atomic E-state index is 11.4. The van der Waals surface area contributed by atoms with Crippen LogP contribution in [-0.2, 0) is 4.74 Å². The molecule has 90 valence electrons. The summed E-state index contributed by atoms with van der Waals surface area (Å²) in [6.07, 6.45) is 0. The molecule has 0 aliphatic rings. The SMILES string of the molecule is CCOC(=O)c1csc(C#Cc2ccccc2)n1. The van der Waals surface area contributed by atoms with Gasteiger partial charge < -0.3 is 4.74 Å². The molecule has 0 aliphatic heterocycles. The monoisotopic (exact) mass is 257 g/mol. The van der Waals surface area contributed by atoms with Crippen molar-refractivity contribution in [2.24, 2.45) is 0 Å². The van der Waals surface area contributed by atoms with Gasteiger partial charge in [-0.3, -0.25) is 0 Å². The van der Waals surface area contributed by atoms with Gasteiger partial charge in [-0.05, 0) is 25.0 Å². The van der Waals surface area contributed by atoms with Gasteiger partial charge in [0.25, 0.3) is 0 Å². The van der Waals surface area contributed by atoms with E-state index in [1.807, 2.05) is 30.3 Å². The second kappa shape index (κ2) is 5.99. The largest absolute Gasteiger partial charge is 0.461 e. The minimum Gasteiger partial charge on any atom is -0.461 e. The molecule has 0 N–H and O–H groups in total. The van der Waals surface area contributed by atoms with Crippen LogP contribution < -0.4 is 0 Å². The fraction of sp³-hybridized carbons (Fsp3) is 0.143. The first-order valence-electron chi connectivity index (χ1n) is 5.49.